The Hall–Kier alpha value is -10.8. The first-order valence-electron chi connectivity index (χ1n) is 52.9. The van der Waals surface area contributed by atoms with E-state index in [9.17, 15) is 0 Å². The van der Waals surface area contributed by atoms with E-state index >= 15 is 0 Å². The van der Waals surface area contributed by atoms with Gasteiger partial charge in [-0.15, -0.1) is 0 Å². The summed E-state index contributed by atoms with van der Waals surface area (Å²) in [4.78, 5) is 0. The van der Waals surface area contributed by atoms with Gasteiger partial charge in [-0.25, -0.2) is 0 Å². The second-order valence-corrected chi connectivity index (χ2v) is 38.5. The van der Waals surface area contributed by atoms with Crippen molar-refractivity contribution in [3.05, 3.63) is 330 Å². The fourth-order valence-electron chi connectivity index (χ4n) is 17.4. The van der Waals surface area contributed by atoms with Gasteiger partial charge in [0.2, 0.25) is 18.9 Å². The number of benzene rings is 12. The Balaban J connectivity index is 0.000000169. The van der Waals surface area contributed by atoms with Crippen LogP contribution in [0.1, 0.15) is 282 Å². The summed E-state index contributed by atoms with van der Waals surface area (Å²) in [7, 11) is 1.65. The van der Waals surface area contributed by atoms with Gasteiger partial charge >= 0.3 is 0 Å². The summed E-state index contributed by atoms with van der Waals surface area (Å²) in [5.74, 6) is 9.79. The summed E-state index contributed by atoms with van der Waals surface area (Å²) in [5.41, 5.74) is 10.2. The molecule has 4 aliphatic carbocycles. The van der Waals surface area contributed by atoms with E-state index in [4.69, 9.17) is 66.3 Å². The molecule has 16 rings (SSSR count). The fourth-order valence-corrected chi connectivity index (χ4v) is 17.4. The number of ether oxygens (including phenoxy) is 14. The first kappa shape index (κ1) is 111. The third kappa shape index (κ3) is 41.4. The molecule has 0 heterocycles. The smallest absolute Gasteiger partial charge is 0.245 e. The Kier molecular flexibility index (Phi) is 50.7. The quantitative estimate of drug-likeness (QED) is 0.0267. The predicted octanol–water partition coefficient (Wildman–Crippen LogP) is 33.4. The van der Waals surface area contributed by atoms with E-state index in [0.717, 1.165) is 127 Å². The van der Waals surface area contributed by atoms with Gasteiger partial charge in [0, 0.05) is 29.4 Å². The van der Waals surface area contributed by atoms with Gasteiger partial charge in [-0.3, -0.25) is 0 Å². The number of methoxy groups -OCH3 is 1. The van der Waals surface area contributed by atoms with Gasteiger partial charge in [-0.05, 0) is 260 Å². The normalized spacial score (nSPS) is 14.9. The SMILES string of the molecule is CCc1ccc(OC(C)OCCC2CCCCC2)c2ccccc12.CCc1ccc(OC(OC)c2ccccc2)cc1.CCc1ccc(OC(Oc2ccccc2)C(C)(C)C)cc1.CCc1ccc(OCOC2CCCCC2)cc1.CCc1ccc(OCOCCC2CCCCC2)cc1.CCc1ccc2cc(OCOC3CCCCC3)ccc2c1.CCc1cccc(OC(Oc2ccccc2)C(C)C)c1. The standard InChI is InChI=1S/C22H30O2.2C19H24O2.C18H22O2.C17H26O2.C16H18O2.C15H22O2/c1-3-19-13-14-22(21-12-8-7-11-20(19)21)24-17(2)23-16-15-18-9-5-4-6-10-18;1-2-15-8-9-17-13-19(11-10-16(17)12-15)21-14-20-18-6-4-3-5-7-18;1-5-15-11-13-17(14-12-15)21-18(19(2,3)4)20-16-9-7-6-8-10-16;1-4-15-9-8-12-17(13-15)20-18(14(2)3)19-16-10-6-5-7-11-16;1-2-15-8-10-17(11-9-15)19-14-18-13-12-16-6-4-3-5-7-16;1-3-13-9-11-15(12-10-13)18-16(17-2)14-7-5-4-6-8-14;1-2-13-8-10-15(11-9-13)17-12-16-14-6-4-3-5-7-14/h7-8,11-14,17-18H,3-6,9-10,15-16H2,1-2H3;8-13,18H,2-7,14H2,1H3;6-14,18H,5H2,1-4H3;5-14,18H,4H2,1-3H3;8-11,16H,2-7,12-14H2,1H3;4-12,16H,3H2,1-2H3;8-11,14H,2-7,12H2,1H3. The van der Waals surface area contributed by atoms with Crippen molar-refractivity contribution in [1.82, 2.24) is 0 Å². The molecular formula is C126H166O14. The lowest BCUT2D eigenvalue weighted by atomic mass is 9.87. The lowest BCUT2D eigenvalue weighted by Gasteiger charge is -2.31. The van der Waals surface area contributed by atoms with Crippen LogP contribution in [0.2, 0.25) is 0 Å². The molecule has 0 radical (unpaired) electrons. The van der Waals surface area contributed by atoms with E-state index < -0.39 is 0 Å². The van der Waals surface area contributed by atoms with Crippen LogP contribution in [0.15, 0.2) is 285 Å². The van der Waals surface area contributed by atoms with Gasteiger partial charge in [0.1, 0.15) is 51.7 Å². The van der Waals surface area contributed by atoms with Crippen LogP contribution in [0, 0.1) is 23.2 Å². The second-order valence-electron chi connectivity index (χ2n) is 38.5. The average molecular weight is 1900 g/mol. The Morgan fingerprint density at radius 2 is 0.700 bits per heavy atom. The van der Waals surface area contributed by atoms with Crippen molar-refractivity contribution in [3.8, 4) is 51.7 Å². The molecule has 754 valence electrons. The topological polar surface area (TPSA) is 129 Å². The Morgan fingerprint density at radius 1 is 0.307 bits per heavy atom. The van der Waals surface area contributed by atoms with Crippen LogP contribution in [0.4, 0.5) is 0 Å². The molecule has 0 aliphatic heterocycles. The summed E-state index contributed by atoms with van der Waals surface area (Å²) in [5, 5.41) is 4.96. The van der Waals surface area contributed by atoms with Crippen molar-refractivity contribution in [3.63, 3.8) is 0 Å². The summed E-state index contributed by atoms with van der Waals surface area (Å²) in [6.45, 7) is 30.4. The van der Waals surface area contributed by atoms with Crippen molar-refractivity contribution in [1.29, 1.82) is 0 Å². The molecule has 4 saturated carbocycles. The molecular weight excluding hydrogens is 1740 g/mol. The first-order valence-corrected chi connectivity index (χ1v) is 52.9. The van der Waals surface area contributed by atoms with E-state index in [1.54, 1.807) is 7.11 Å². The molecule has 0 amide bonds. The number of hydrogen-bond acceptors (Lipinski definition) is 14. The summed E-state index contributed by atoms with van der Waals surface area (Å²) >= 11 is 0. The largest absolute Gasteiger partial charge is 0.468 e. The van der Waals surface area contributed by atoms with Crippen LogP contribution in [0.25, 0.3) is 21.5 Å². The Labute approximate surface area is 841 Å². The molecule has 0 spiro atoms. The van der Waals surface area contributed by atoms with Crippen LogP contribution in [-0.4, -0.2) is 71.8 Å². The van der Waals surface area contributed by atoms with Gasteiger partial charge < -0.3 is 66.3 Å². The molecule has 0 saturated heterocycles. The zero-order valence-corrected chi connectivity index (χ0v) is 87.1. The molecule has 12 aromatic carbocycles. The molecule has 4 unspecified atom stereocenters. The minimum atomic E-state index is -0.362. The first-order chi connectivity index (χ1) is 68.4. The van der Waals surface area contributed by atoms with Gasteiger partial charge in [0.25, 0.3) is 0 Å². The van der Waals surface area contributed by atoms with Crippen molar-refractivity contribution in [2.75, 3.05) is 40.7 Å². The predicted molar refractivity (Wildman–Crippen MR) is 577 cm³/mol. The molecule has 0 N–H and O–H groups in total. The summed E-state index contributed by atoms with van der Waals surface area (Å²) < 4.78 is 81.3. The Morgan fingerprint density at radius 3 is 1.19 bits per heavy atom. The minimum absolute atomic E-state index is 0.126. The molecule has 4 fully saturated rings. The molecule has 14 nitrogen and oxygen atoms in total. The maximum absolute atomic E-state index is 6.09. The summed E-state index contributed by atoms with van der Waals surface area (Å²) in [6, 6.07) is 96.1. The number of rotatable bonds is 40. The maximum Gasteiger partial charge on any atom is 0.245 e. The van der Waals surface area contributed by atoms with Gasteiger partial charge in [-0.2, -0.15) is 0 Å². The zero-order chi connectivity index (χ0) is 99.0. The van der Waals surface area contributed by atoms with Gasteiger partial charge in [0.15, 0.2) is 26.7 Å². The monoisotopic (exact) mass is 1900 g/mol. The maximum atomic E-state index is 6.09. The number of aryl methyl sites for hydroxylation is 7. The Bertz CT molecular complexity index is 5230. The van der Waals surface area contributed by atoms with Crippen molar-refractivity contribution in [2.45, 2.75) is 314 Å². The highest BCUT2D eigenvalue weighted by atomic mass is 16.7. The van der Waals surface area contributed by atoms with Gasteiger partial charge in [0.05, 0.1) is 25.4 Å². The molecule has 140 heavy (non-hydrogen) atoms. The molecule has 12 aromatic rings. The van der Waals surface area contributed by atoms with Crippen molar-refractivity contribution >= 4 is 21.5 Å². The minimum Gasteiger partial charge on any atom is -0.468 e. The van der Waals surface area contributed by atoms with E-state index in [-0.39, 0.29) is 36.5 Å². The lowest BCUT2D eigenvalue weighted by Crippen LogP contribution is -2.37. The summed E-state index contributed by atoms with van der Waals surface area (Å²) in [6.07, 6.45) is 35.9. The third-order valence-electron chi connectivity index (χ3n) is 26.3. The molecule has 4 aliphatic rings. The van der Waals surface area contributed by atoms with Crippen LogP contribution in [0.3, 0.4) is 0 Å². The molecule has 14 heteroatoms. The highest BCUT2D eigenvalue weighted by Crippen LogP contribution is 2.35. The van der Waals surface area contributed by atoms with E-state index in [1.165, 1.54) is 202 Å². The van der Waals surface area contributed by atoms with Gasteiger partial charge in [-0.1, -0.05) is 368 Å². The second kappa shape index (κ2) is 63.8. The molecule has 0 aromatic heterocycles. The zero-order valence-electron chi connectivity index (χ0n) is 87.1. The van der Waals surface area contributed by atoms with Crippen molar-refractivity contribution in [2.24, 2.45) is 23.2 Å². The van der Waals surface area contributed by atoms with Crippen LogP contribution in [-0.2, 0) is 68.6 Å². The molecule has 4 atom stereocenters. The van der Waals surface area contributed by atoms with Crippen LogP contribution < -0.4 is 42.6 Å². The van der Waals surface area contributed by atoms with E-state index in [1.807, 2.05) is 165 Å². The number of hydrogen-bond donors (Lipinski definition) is 0. The van der Waals surface area contributed by atoms with Crippen LogP contribution >= 0.6 is 0 Å². The van der Waals surface area contributed by atoms with E-state index in [0.29, 0.717) is 32.6 Å². The number of para-hydroxylation sites is 2. The fraction of sp³-hybridized carbons (Fsp3) is 0.460. The van der Waals surface area contributed by atoms with Crippen molar-refractivity contribution < 1.29 is 66.3 Å². The molecule has 0 bridgehead atoms. The highest BCUT2D eigenvalue weighted by molar-refractivity contribution is 5.91. The average Bonchev–Trinajstić information content (AvgIpc) is 0.802. The third-order valence-corrected chi connectivity index (χ3v) is 26.3. The number of fused-ring (bicyclic) bond motifs is 2. The van der Waals surface area contributed by atoms with E-state index in [2.05, 4.69) is 210 Å². The van der Waals surface area contributed by atoms with Crippen LogP contribution in [0.5, 0.6) is 51.7 Å². The highest BCUT2D eigenvalue weighted by Gasteiger charge is 2.30. The lowest BCUT2D eigenvalue weighted by molar-refractivity contribution is -0.0727.